The van der Waals surface area contributed by atoms with Gasteiger partial charge < -0.3 is 19.1 Å². The zero-order valence-corrected chi connectivity index (χ0v) is 16.8. The summed E-state index contributed by atoms with van der Waals surface area (Å²) in [5.41, 5.74) is 1.70. The van der Waals surface area contributed by atoms with Crippen LogP contribution in [0.2, 0.25) is 0 Å². The van der Waals surface area contributed by atoms with Gasteiger partial charge in [-0.25, -0.2) is 0 Å². The van der Waals surface area contributed by atoms with Crippen molar-refractivity contribution in [3.63, 3.8) is 0 Å². The lowest BCUT2D eigenvalue weighted by Crippen LogP contribution is -2.39. The molecule has 2 aromatic rings. The summed E-state index contributed by atoms with van der Waals surface area (Å²) in [7, 11) is 3.08. The number of amides is 1. The molecule has 28 heavy (non-hydrogen) atoms. The molecule has 0 radical (unpaired) electrons. The summed E-state index contributed by atoms with van der Waals surface area (Å²) in [4.78, 5) is 26.5. The number of methoxy groups -OCH3 is 2. The lowest BCUT2D eigenvalue weighted by molar-refractivity contribution is -0.152. The van der Waals surface area contributed by atoms with Crippen molar-refractivity contribution in [2.24, 2.45) is 0 Å². The van der Waals surface area contributed by atoms with E-state index in [0.29, 0.717) is 23.6 Å². The molecule has 2 rings (SSSR count). The van der Waals surface area contributed by atoms with Gasteiger partial charge in [-0.2, -0.15) is 0 Å². The van der Waals surface area contributed by atoms with Gasteiger partial charge in [0.15, 0.2) is 6.61 Å². The van der Waals surface area contributed by atoms with Crippen LogP contribution in [0.3, 0.4) is 0 Å². The normalized spacial score (nSPS) is 10.5. The molecule has 2 aromatic carbocycles. The average Bonchev–Trinajstić information content (AvgIpc) is 2.71. The highest BCUT2D eigenvalue weighted by atomic mass is 16.5. The molecule has 0 saturated carbocycles. The molecule has 0 saturated heterocycles. The second-order valence-corrected chi connectivity index (χ2v) is 6.62. The van der Waals surface area contributed by atoms with Crippen LogP contribution >= 0.6 is 0 Å². The van der Waals surface area contributed by atoms with Gasteiger partial charge in [-0.05, 0) is 25.5 Å². The SMILES string of the molecule is COc1ccc(CC(=O)OCC(=O)N(Cc2ccccc2)C(C)C)c(OC)c1. The van der Waals surface area contributed by atoms with Gasteiger partial charge >= 0.3 is 5.97 Å². The molecule has 0 aromatic heterocycles. The number of carbonyl (C=O) groups is 2. The zero-order valence-electron chi connectivity index (χ0n) is 16.8. The Labute approximate surface area is 166 Å². The lowest BCUT2D eigenvalue weighted by Gasteiger charge is -2.26. The van der Waals surface area contributed by atoms with Crippen molar-refractivity contribution >= 4 is 11.9 Å². The van der Waals surface area contributed by atoms with Crippen molar-refractivity contribution in [3.05, 3.63) is 59.7 Å². The van der Waals surface area contributed by atoms with Gasteiger partial charge in [-0.3, -0.25) is 9.59 Å². The van der Waals surface area contributed by atoms with E-state index < -0.39 is 5.97 Å². The molecule has 0 heterocycles. The smallest absolute Gasteiger partial charge is 0.310 e. The fraction of sp³-hybridized carbons (Fsp3) is 0.364. The number of nitrogens with zero attached hydrogens (tertiary/aromatic N) is 1. The van der Waals surface area contributed by atoms with E-state index in [1.807, 2.05) is 44.2 Å². The Kier molecular flexibility index (Phi) is 7.87. The van der Waals surface area contributed by atoms with Crippen molar-refractivity contribution in [2.45, 2.75) is 32.9 Å². The van der Waals surface area contributed by atoms with E-state index >= 15 is 0 Å². The maximum Gasteiger partial charge on any atom is 0.310 e. The van der Waals surface area contributed by atoms with Crippen LogP contribution in [0.25, 0.3) is 0 Å². The molecular formula is C22H27NO5. The summed E-state index contributed by atoms with van der Waals surface area (Å²) in [5.74, 6) is 0.460. The second kappa shape index (κ2) is 10.3. The minimum absolute atomic E-state index is 0.00640. The summed E-state index contributed by atoms with van der Waals surface area (Å²) in [6, 6.07) is 14.9. The van der Waals surface area contributed by atoms with Gasteiger partial charge in [-0.15, -0.1) is 0 Å². The molecule has 0 atom stereocenters. The second-order valence-electron chi connectivity index (χ2n) is 6.62. The fourth-order valence-electron chi connectivity index (χ4n) is 2.77. The van der Waals surface area contributed by atoms with Crippen molar-refractivity contribution in [1.29, 1.82) is 0 Å². The first-order valence-electron chi connectivity index (χ1n) is 9.14. The zero-order chi connectivity index (χ0) is 20.5. The highest BCUT2D eigenvalue weighted by Gasteiger charge is 2.19. The Bertz CT molecular complexity index is 789. The Hall–Kier alpha value is -3.02. The van der Waals surface area contributed by atoms with Crippen LogP contribution in [0.15, 0.2) is 48.5 Å². The summed E-state index contributed by atoms with van der Waals surface area (Å²) in [6.45, 7) is 4.05. The van der Waals surface area contributed by atoms with Crippen LogP contribution in [-0.4, -0.2) is 43.6 Å². The molecule has 0 bridgehead atoms. The topological polar surface area (TPSA) is 65.1 Å². The van der Waals surface area contributed by atoms with E-state index in [1.165, 1.54) is 7.11 Å². The van der Waals surface area contributed by atoms with E-state index in [0.717, 1.165) is 5.56 Å². The minimum Gasteiger partial charge on any atom is -0.497 e. The van der Waals surface area contributed by atoms with Crippen LogP contribution in [0, 0.1) is 0 Å². The number of rotatable bonds is 9. The largest absolute Gasteiger partial charge is 0.497 e. The van der Waals surface area contributed by atoms with Crippen molar-refractivity contribution in [2.75, 3.05) is 20.8 Å². The maximum atomic E-state index is 12.6. The first-order chi connectivity index (χ1) is 13.4. The average molecular weight is 385 g/mol. The molecule has 150 valence electrons. The Morgan fingerprint density at radius 2 is 1.71 bits per heavy atom. The number of ether oxygens (including phenoxy) is 3. The summed E-state index contributed by atoms with van der Waals surface area (Å²) in [6.07, 6.45) is 0.0147. The van der Waals surface area contributed by atoms with Crippen LogP contribution in [0.1, 0.15) is 25.0 Å². The van der Waals surface area contributed by atoms with Crippen molar-refractivity contribution in [3.8, 4) is 11.5 Å². The lowest BCUT2D eigenvalue weighted by atomic mass is 10.1. The number of carbonyl (C=O) groups excluding carboxylic acids is 2. The number of hydrogen-bond acceptors (Lipinski definition) is 5. The predicted molar refractivity (Wildman–Crippen MR) is 106 cm³/mol. The molecule has 0 fully saturated rings. The molecule has 6 nitrogen and oxygen atoms in total. The summed E-state index contributed by atoms with van der Waals surface area (Å²) < 4.78 is 15.6. The van der Waals surface area contributed by atoms with Crippen molar-refractivity contribution in [1.82, 2.24) is 4.90 Å². The number of benzene rings is 2. The van der Waals surface area contributed by atoms with Gasteiger partial charge in [0.25, 0.3) is 5.91 Å². The predicted octanol–water partition coefficient (Wildman–Crippen LogP) is 3.23. The minimum atomic E-state index is -0.486. The third-order valence-corrected chi connectivity index (χ3v) is 4.33. The van der Waals surface area contributed by atoms with Gasteiger partial charge in [0.2, 0.25) is 0 Å². The molecule has 0 aliphatic heterocycles. The maximum absolute atomic E-state index is 12.6. The van der Waals surface area contributed by atoms with E-state index in [-0.39, 0.29) is 25.0 Å². The van der Waals surface area contributed by atoms with Crippen LogP contribution < -0.4 is 9.47 Å². The molecule has 0 N–H and O–H groups in total. The monoisotopic (exact) mass is 385 g/mol. The standard InChI is InChI=1S/C22H27NO5/c1-16(2)23(14-17-8-6-5-7-9-17)21(24)15-28-22(25)12-18-10-11-19(26-3)13-20(18)27-4/h5-11,13,16H,12,14-15H2,1-4H3. The number of esters is 1. The third kappa shape index (κ3) is 6.01. The van der Waals surface area contributed by atoms with Crippen LogP contribution in [0.5, 0.6) is 11.5 Å². The fourth-order valence-corrected chi connectivity index (χ4v) is 2.77. The molecule has 0 aliphatic rings. The van der Waals surface area contributed by atoms with Crippen LogP contribution in [-0.2, 0) is 27.3 Å². The molecule has 0 spiro atoms. The molecule has 0 unspecified atom stereocenters. The van der Waals surface area contributed by atoms with Gasteiger partial charge in [0.05, 0.1) is 20.6 Å². The van der Waals surface area contributed by atoms with Gasteiger partial charge in [-0.1, -0.05) is 36.4 Å². The van der Waals surface area contributed by atoms with Crippen LogP contribution in [0.4, 0.5) is 0 Å². The van der Waals surface area contributed by atoms with Gasteiger partial charge in [0.1, 0.15) is 11.5 Å². The molecule has 0 aliphatic carbocycles. The Balaban J connectivity index is 1.94. The Morgan fingerprint density at radius 1 is 1.00 bits per heavy atom. The van der Waals surface area contributed by atoms with E-state index in [9.17, 15) is 9.59 Å². The quantitative estimate of drug-likeness (QED) is 0.620. The van der Waals surface area contributed by atoms with E-state index in [2.05, 4.69) is 0 Å². The van der Waals surface area contributed by atoms with E-state index in [4.69, 9.17) is 14.2 Å². The highest BCUT2D eigenvalue weighted by Crippen LogP contribution is 2.25. The summed E-state index contributed by atoms with van der Waals surface area (Å²) in [5, 5.41) is 0. The van der Waals surface area contributed by atoms with Crippen molar-refractivity contribution < 1.29 is 23.8 Å². The summed E-state index contributed by atoms with van der Waals surface area (Å²) >= 11 is 0. The first-order valence-corrected chi connectivity index (χ1v) is 9.14. The third-order valence-electron chi connectivity index (χ3n) is 4.33. The first kappa shape index (κ1) is 21.3. The van der Waals surface area contributed by atoms with Gasteiger partial charge in [0, 0.05) is 24.2 Å². The molecular weight excluding hydrogens is 358 g/mol. The Morgan fingerprint density at radius 3 is 2.32 bits per heavy atom. The highest BCUT2D eigenvalue weighted by molar-refractivity contribution is 5.81. The molecule has 1 amide bonds. The van der Waals surface area contributed by atoms with E-state index in [1.54, 1.807) is 30.2 Å². The molecule has 6 heteroatoms. The number of hydrogen-bond donors (Lipinski definition) is 0.